The van der Waals surface area contributed by atoms with Crippen molar-refractivity contribution in [1.82, 2.24) is 0 Å². The number of aryl methyl sites for hydroxylation is 1. The molecule has 2 aliphatic rings. The van der Waals surface area contributed by atoms with E-state index in [1.54, 1.807) is 6.26 Å². The van der Waals surface area contributed by atoms with Crippen LogP contribution in [0.4, 0.5) is 0 Å². The minimum absolute atomic E-state index is 0.0933. The maximum absolute atomic E-state index is 13.1. The number of benzene rings is 1. The molecule has 1 fully saturated rings. The summed E-state index contributed by atoms with van der Waals surface area (Å²) in [4.78, 5) is 37.2. The molecule has 0 amide bonds. The van der Waals surface area contributed by atoms with Gasteiger partial charge in [-0.15, -0.1) is 0 Å². The molecule has 1 heterocycles. The predicted octanol–water partition coefficient (Wildman–Crippen LogP) is 4.01. The van der Waals surface area contributed by atoms with E-state index in [1.807, 2.05) is 26.0 Å². The molecular formula is C25H30O7. The zero-order chi connectivity index (χ0) is 23.3. The molecule has 0 spiro atoms. The van der Waals surface area contributed by atoms with Crippen LogP contribution in [0.25, 0.3) is 11.0 Å². The largest absolute Gasteiger partial charge is 0.469 e. The lowest BCUT2D eigenvalue weighted by Crippen LogP contribution is -2.62. The first-order chi connectivity index (χ1) is 15.1. The summed E-state index contributed by atoms with van der Waals surface area (Å²) in [6.07, 6.45) is 3.60. The smallest absolute Gasteiger partial charge is 0.311 e. The fraction of sp³-hybridized carbons (Fsp3) is 0.560. The van der Waals surface area contributed by atoms with Crippen LogP contribution in [0, 0.1) is 18.3 Å². The first kappa shape index (κ1) is 22.4. The summed E-state index contributed by atoms with van der Waals surface area (Å²) >= 11 is 0. The van der Waals surface area contributed by atoms with Gasteiger partial charge in [-0.1, -0.05) is 6.42 Å². The maximum atomic E-state index is 13.1. The van der Waals surface area contributed by atoms with Crippen LogP contribution in [0.3, 0.4) is 0 Å². The zero-order valence-electron chi connectivity index (χ0n) is 19.3. The van der Waals surface area contributed by atoms with E-state index in [0.29, 0.717) is 19.3 Å². The maximum Gasteiger partial charge on any atom is 0.311 e. The zero-order valence-corrected chi connectivity index (χ0v) is 19.3. The van der Waals surface area contributed by atoms with Gasteiger partial charge in [0.05, 0.1) is 18.8 Å². The molecule has 32 heavy (non-hydrogen) atoms. The van der Waals surface area contributed by atoms with Crippen LogP contribution in [0.1, 0.15) is 56.7 Å². The lowest BCUT2D eigenvalue weighted by atomic mass is 9.48. The van der Waals surface area contributed by atoms with E-state index in [9.17, 15) is 14.4 Å². The fourth-order valence-electron chi connectivity index (χ4n) is 6.37. The molecule has 172 valence electrons. The monoisotopic (exact) mass is 442 g/mol. The number of carbonyl (C=O) groups excluding carboxylic acids is 3. The number of carbonyl (C=O) groups is 3. The topological polar surface area (TPSA) is 92.0 Å². The van der Waals surface area contributed by atoms with Gasteiger partial charge in [0.1, 0.15) is 18.3 Å². The van der Waals surface area contributed by atoms with Gasteiger partial charge in [0.15, 0.2) is 0 Å². The van der Waals surface area contributed by atoms with E-state index in [1.165, 1.54) is 21.0 Å². The van der Waals surface area contributed by atoms with Crippen LogP contribution in [-0.2, 0) is 40.4 Å². The van der Waals surface area contributed by atoms with Crippen molar-refractivity contribution in [2.24, 2.45) is 11.3 Å². The summed E-state index contributed by atoms with van der Waals surface area (Å²) in [5, 5.41) is 0.998. The first-order valence-corrected chi connectivity index (χ1v) is 11.0. The number of hydrogen-bond donors (Lipinski definition) is 0. The average Bonchev–Trinajstić information content (AvgIpc) is 3.21. The van der Waals surface area contributed by atoms with Gasteiger partial charge in [-0.05, 0) is 55.5 Å². The first-order valence-electron chi connectivity index (χ1n) is 11.0. The second kappa shape index (κ2) is 7.94. The third-order valence-electron chi connectivity index (χ3n) is 7.57. The molecular weight excluding hydrogens is 412 g/mol. The highest BCUT2D eigenvalue weighted by molar-refractivity contribution is 5.85. The summed E-state index contributed by atoms with van der Waals surface area (Å²) in [6, 6.07) is 3.94. The van der Waals surface area contributed by atoms with Crippen LogP contribution in [-0.4, -0.2) is 37.7 Å². The molecule has 1 aromatic heterocycles. The molecule has 2 aromatic rings. The van der Waals surface area contributed by atoms with E-state index in [2.05, 4.69) is 0 Å². The number of hydrogen-bond acceptors (Lipinski definition) is 7. The van der Waals surface area contributed by atoms with Gasteiger partial charge >= 0.3 is 17.9 Å². The molecule has 0 saturated heterocycles. The van der Waals surface area contributed by atoms with E-state index in [0.717, 1.165) is 34.1 Å². The normalized spacial score (nSPS) is 29.0. The predicted molar refractivity (Wildman–Crippen MR) is 116 cm³/mol. The highest BCUT2D eigenvalue weighted by atomic mass is 16.5. The van der Waals surface area contributed by atoms with Crippen LogP contribution >= 0.6 is 0 Å². The third kappa shape index (κ3) is 3.29. The molecule has 0 radical (unpaired) electrons. The Labute approximate surface area is 187 Å². The minimum atomic E-state index is -0.906. The van der Waals surface area contributed by atoms with Crippen molar-refractivity contribution in [2.75, 3.05) is 13.7 Å². The Bertz CT molecular complexity index is 1080. The van der Waals surface area contributed by atoms with Crippen LogP contribution in [0.15, 0.2) is 22.8 Å². The van der Waals surface area contributed by atoms with Crippen molar-refractivity contribution in [1.29, 1.82) is 0 Å². The molecule has 4 atom stereocenters. The summed E-state index contributed by atoms with van der Waals surface area (Å²) in [5.74, 6) is -1.56. The minimum Gasteiger partial charge on any atom is -0.469 e. The summed E-state index contributed by atoms with van der Waals surface area (Å²) < 4.78 is 22.5. The molecule has 4 rings (SSSR count). The highest BCUT2D eigenvalue weighted by Crippen LogP contribution is 2.59. The Morgan fingerprint density at radius 1 is 1.19 bits per heavy atom. The summed E-state index contributed by atoms with van der Waals surface area (Å²) in [5.41, 5.74) is 2.24. The van der Waals surface area contributed by atoms with Crippen molar-refractivity contribution >= 4 is 28.9 Å². The van der Waals surface area contributed by atoms with Gasteiger partial charge in [-0.25, -0.2) is 0 Å². The molecule has 7 heteroatoms. The van der Waals surface area contributed by atoms with Gasteiger partial charge in [0.25, 0.3) is 0 Å². The Morgan fingerprint density at radius 3 is 2.59 bits per heavy atom. The Hall–Kier alpha value is -2.83. The van der Waals surface area contributed by atoms with Gasteiger partial charge in [0.2, 0.25) is 0 Å². The van der Waals surface area contributed by atoms with Crippen molar-refractivity contribution in [3.8, 4) is 0 Å². The molecule has 0 bridgehead atoms. The van der Waals surface area contributed by atoms with E-state index in [-0.39, 0.29) is 12.6 Å². The molecule has 2 aliphatic carbocycles. The van der Waals surface area contributed by atoms with E-state index >= 15 is 0 Å². The Morgan fingerprint density at radius 2 is 1.94 bits per heavy atom. The summed E-state index contributed by atoms with van der Waals surface area (Å²) in [6.45, 7) is 6.76. The lowest BCUT2D eigenvalue weighted by molar-refractivity contribution is -0.182. The number of methoxy groups -OCH3 is 1. The van der Waals surface area contributed by atoms with E-state index in [4.69, 9.17) is 18.6 Å². The van der Waals surface area contributed by atoms with Gasteiger partial charge < -0.3 is 18.6 Å². The standard InChI is InChI=1S/C25H30O7/c1-14-17-7-10-30-20(17)12-19-18(14)11-21(32-16(3)27)22-24(4,23(28)29-5)8-6-9-25(19,22)13-31-15(2)26/h7,10,12,21-22H,6,8-9,11,13H2,1-5H3/t21-,22+,24-,25+/m1/s1. The molecule has 0 unspecified atom stereocenters. The van der Waals surface area contributed by atoms with Crippen molar-refractivity contribution in [2.45, 2.75) is 64.9 Å². The number of ether oxygens (including phenoxy) is 3. The Kier molecular flexibility index (Phi) is 5.55. The van der Waals surface area contributed by atoms with Crippen molar-refractivity contribution in [3.05, 3.63) is 35.1 Å². The summed E-state index contributed by atoms with van der Waals surface area (Å²) in [7, 11) is 1.38. The number of fused-ring (bicyclic) bond motifs is 4. The Balaban J connectivity index is 2.01. The molecule has 1 aromatic carbocycles. The lowest BCUT2D eigenvalue weighted by Gasteiger charge is -2.57. The quantitative estimate of drug-likeness (QED) is 0.522. The highest BCUT2D eigenvalue weighted by Gasteiger charge is 2.63. The molecule has 1 saturated carbocycles. The van der Waals surface area contributed by atoms with Crippen LogP contribution in [0.2, 0.25) is 0 Å². The van der Waals surface area contributed by atoms with Crippen LogP contribution < -0.4 is 0 Å². The van der Waals surface area contributed by atoms with Gasteiger partial charge in [-0.3, -0.25) is 14.4 Å². The van der Waals surface area contributed by atoms with Gasteiger partial charge in [-0.2, -0.15) is 0 Å². The van der Waals surface area contributed by atoms with Crippen molar-refractivity contribution in [3.63, 3.8) is 0 Å². The number of esters is 3. The van der Waals surface area contributed by atoms with Gasteiger partial charge in [0, 0.05) is 37.0 Å². The van der Waals surface area contributed by atoms with Crippen molar-refractivity contribution < 1.29 is 33.0 Å². The third-order valence-corrected chi connectivity index (χ3v) is 7.57. The average molecular weight is 443 g/mol. The van der Waals surface area contributed by atoms with E-state index < -0.39 is 34.8 Å². The molecule has 7 nitrogen and oxygen atoms in total. The number of furan rings is 1. The molecule has 0 N–H and O–H groups in total. The number of rotatable bonds is 4. The second-order valence-electron chi connectivity index (χ2n) is 9.39. The fourth-order valence-corrected chi connectivity index (χ4v) is 6.37. The SMILES string of the molecule is COC(=O)[C@]1(C)CCC[C@]2(COC(C)=O)c3cc4occc4c(C)c3C[C@@H](OC(C)=O)[C@H]21. The molecule has 0 aliphatic heterocycles. The van der Waals surface area contributed by atoms with Crippen LogP contribution in [0.5, 0.6) is 0 Å². The second-order valence-corrected chi connectivity index (χ2v) is 9.39.